The lowest BCUT2D eigenvalue weighted by atomic mass is 9.96. The first-order valence-electron chi connectivity index (χ1n) is 6.01. The Kier molecular flexibility index (Phi) is 4.34. The lowest BCUT2D eigenvalue weighted by Gasteiger charge is -2.18. The van der Waals surface area contributed by atoms with E-state index in [2.05, 4.69) is 27.4 Å². The van der Waals surface area contributed by atoms with Crippen LogP contribution in [0.4, 0.5) is 4.39 Å². The van der Waals surface area contributed by atoms with Crippen molar-refractivity contribution in [1.82, 2.24) is 5.43 Å². The number of hydrogen-bond acceptors (Lipinski definition) is 2. The summed E-state index contributed by atoms with van der Waals surface area (Å²) >= 11 is 3.48. The van der Waals surface area contributed by atoms with Crippen molar-refractivity contribution in [3.63, 3.8) is 0 Å². The van der Waals surface area contributed by atoms with Gasteiger partial charge >= 0.3 is 0 Å². The number of nitrogens with two attached hydrogens (primary N) is 1. The van der Waals surface area contributed by atoms with Gasteiger partial charge in [0.2, 0.25) is 0 Å². The van der Waals surface area contributed by atoms with E-state index in [1.165, 1.54) is 6.07 Å². The molecule has 0 fully saturated rings. The summed E-state index contributed by atoms with van der Waals surface area (Å²) in [6.45, 7) is 3.77. The largest absolute Gasteiger partial charge is 0.271 e. The van der Waals surface area contributed by atoms with Crippen LogP contribution in [0, 0.1) is 19.7 Å². The molecule has 0 radical (unpaired) electrons. The van der Waals surface area contributed by atoms with E-state index in [-0.39, 0.29) is 11.9 Å². The first-order chi connectivity index (χ1) is 9.02. The van der Waals surface area contributed by atoms with Gasteiger partial charge in [0.05, 0.1) is 6.04 Å². The van der Waals surface area contributed by atoms with Crippen molar-refractivity contribution in [3.05, 3.63) is 68.9 Å². The van der Waals surface area contributed by atoms with E-state index in [4.69, 9.17) is 5.84 Å². The Hall–Kier alpha value is -1.23. The van der Waals surface area contributed by atoms with Gasteiger partial charge in [-0.2, -0.15) is 0 Å². The number of benzene rings is 2. The van der Waals surface area contributed by atoms with E-state index in [9.17, 15) is 4.39 Å². The lowest BCUT2D eigenvalue weighted by molar-refractivity contribution is 0.607. The molecule has 3 N–H and O–H groups in total. The Balaban J connectivity index is 2.43. The molecule has 0 aliphatic rings. The van der Waals surface area contributed by atoms with Gasteiger partial charge in [-0.05, 0) is 48.2 Å². The van der Waals surface area contributed by atoms with E-state index in [0.717, 1.165) is 21.2 Å². The number of aryl methyl sites for hydroxylation is 2. The molecule has 2 aromatic carbocycles. The van der Waals surface area contributed by atoms with Crippen molar-refractivity contribution >= 4 is 15.9 Å². The first kappa shape index (κ1) is 14.2. The molecule has 0 saturated carbocycles. The van der Waals surface area contributed by atoms with Gasteiger partial charge in [-0.1, -0.05) is 40.2 Å². The third kappa shape index (κ3) is 3.03. The van der Waals surface area contributed by atoms with Crippen LogP contribution in [0.15, 0.2) is 40.9 Å². The Morgan fingerprint density at radius 1 is 1.05 bits per heavy atom. The summed E-state index contributed by atoms with van der Waals surface area (Å²) in [5.41, 5.74) is 6.54. The lowest BCUT2D eigenvalue weighted by Crippen LogP contribution is -2.29. The van der Waals surface area contributed by atoms with Gasteiger partial charge in [-0.25, -0.2) is 9.82 Å². The third-order valence-corrected chi connectivity index (χ3v) is 4.09. The normalized spacial score (nSPS) is 12.5. The van der Waals surface area contributed by atoms with Gasteiger partial charge < -0.3 is 0 Å². The van der Waals surface area contributed by atoms with Crippen LogP contribution in [-0.2, 0) is 0 Å². The van der Waals surface area contributed by atoms with E-state index in [0.29, 0.717) is 5.56 Å². The molecule has 1 unspecified atom stereocenters. The van der Waals surface area contributed by atoms with Gasteiger partial charge in [0, 0.05) is 4.47 Å². The molecular weight excluding hydrogens is 307 g/mol. The second kappa shape index (κ2) is 5.82. The summed E-state index contributed by atoms with van der Waals surface area (Å²) in [5.74, 6) is 5.46. The fourth-order valence-corrected chi connectivity index (χ4v) is 2.33. The highest BCUT2D eigenvalue weighted by Gasteiger charge is 2.14. The molecule has 0 amide bonds. The molecule has 0 saturated heterocycles. The third-order valence-electron chi connectivity index (χ3n) is 3.20. The van der Waals surface area contributed by atoms with Crippen molar-refractivity contribution in [2.75, 3.05) is 0 Å². The highest BCUT2D eigenvalue weighted by Crippen LogP contribution is 2.26. The van der Waals surface area contributed by atoms with Crippen LogP contribution in [-0.4, -0.2) is 0 Å². The number of rotatable bonds is 3. The molecule has 2 rings (SSSR count). The highest BCUT2D eigenvalue weighted by atomic mass is 79.9. The van der Waals surface area contributed by atoms with Crippen molar-refractivity contribution < 1.29 is 4.39 Å². The predicted octanol–water partition coefficient (Wildman–Crippen LogP) is 3.76. The minimum Gasteiger partial charge on any atom is -0.271 e. The molecule has 0 aromatic heterocycles. The molecule has 4 heteroatoms. The highest BCUT2D eigenvalue weighted by molar-refractivity contribution is 9.10. The van der Waals surface area contributed by atoms with E-state index in [1.807, 2.05) is 25.1 Å². The summed E-state index contributed by atoms with van der Waals surface area (Å²) < 4.78 is 14.4. The predicted molar refractivity (Wildman–Crippen MR) is 79.2 cm³/mol. The summed E-state index contributed by atoms with van der Waals surface area (Å²) in [6, 6.07) is 11.0. The Labute approximate surface area is 120 Å². The van der Waals surface area contributed by atoms with Gasteiger partial charge in [-0.3, -0.25) is 5.84 Å². The average molecular weight is 323 g/mol. The Morgan fingerprint density at radius 2 is 1.63 bits per heavy atom. The molecule has 0 bridgehead atoms. The van der Waals surface area contributed by atoms with E-state index >= 15 is 0 Å². The molecule has 0 aliphatic carbocycles. The molecule has 2 aromatic rings. The van der Waals surface area contributed by atoms with Crippen LogP contribution in [0.1, 0.15) is 28.3 Å². The topological polar surface area (TPSA) is 38.0 Å². The molecule has 2 nitrogen and oxygen atoms in total. The summed E-state index contributed by atoms with van der Waals surface area (Å²) in [4.78, 5) is 0. The number of hydrazine groups is 1. The van der Waals surface area contributed by atoms with E-state index in [1.54, 1.807) is 13.0 Å². The molecule has 19 heavy (non-hydrogen) atoms. The van der Waals surface area contributed by atoms with Crippen LogP contribution in [0.2, 0.25) is 0 Å². The maximum Gasteiger partial charge on any atom is 0.126 e. The first-order valence-corrected chi connectivity index (χ1v) is 6.80. The maximum atomic E-state index is 13.3. The van der Waals surface area contributed by atoms with Crippen LogP contribution in [0.25, 0.3) is 0 Å². The quantitative estimate of drug-likeness (QED) is 0.667. The monoisotopic (exact) mass is 322 g/mol. The molecule has 1 atom stereocenters. The zero-order valence-corrected chi connectivity index (χ0v) is 12.5. The zero-order chi connectivity index (χ0) is 14.0. The minimum atomic E-state index is -0.202. The SMILES string of the molecule is Cc1cc(C(NN)c2ccc(Br)c(C)c2)ccc1F. The Bertz CT molecular complexity index is 547. The summed E-state index contributed by atoms with van der Waals surface area (Å²) in [6.07, 6.45) is 0. The second-order valence-electron chi connectivity index (χ2n) is 4.62. The molecule has 0 heterocycles. The Morgan fingerprint density at radius 3 is 2.16 bits per heavy atom. The summed E-state index contributed by atoms with van der Waals surface area (Å²) in [5, 5.41) is 0. The smallest absolute Gasteiger partial charge is 0.126 e. The fourth-order valence-electron chi connectivity index (χ4n) is 2.08. The number of hydrogen-bond donors (Lipinski definition) is 2. The van der Waals surface area contributed by atoms with Crippen molar-refractivity contribution in [2.45, 2.75) is 19.9 Å². The van der Waals surface area contributed by atoms with Crippen LogP contribution >= 0.6 is 15.9 Å². The van der Waals surface area contributed by atoms with Crippen molar-refractivity contribution in [1.29, 1.82) is 0 Å². The number of nitrogens with one attached hydrogen (secondary N) is 1. The number of halogens is 2. The van der Waals surface area contributed by atoms with Crippen LogP contribution < -0.4 is 11.3 Å². The standard InChI is InChI=1S/C15H16BrFN2/c1-9-7-11(3-5-13(9)16)15(19-18)12-4-6-14(17)10(2)8-12/h3-8,15,19H,18H2,1-2H3. The molecule has 0 spiro atoms. The molecule has 100 valence electrons. The summed E-state index contributed by atoms with van der Waals surface area (Å²) in [7, 11) is 0. The minimum absolute atomic E-state index is 0.147. The van der Waals surface area contributed by atoms with Gasteiger partial charge in [-0.15, -0.1) is 0 Å². The van der Waals surface area contributed by atoms with E-state index < -0.39 is 0 Å². The van der Waals surface area contributed by atoms with Crippen molar-refractivity contribution in [3.8, 4) is 0 Å². The molecular formula is C15H16BrFN2. The fraction of sp³-hybridized carbons (Fsp3) is 0.200. The molecule has 0 aliphatic heterocycles. The van der Waals surface area contributed by atoms with Crippen molar-refractivity contribution in [2.24, 2.45) is 5.84 Å². The second-order valence-corrected chi connectivity index (χ2v) is 5.47. The zero-order valence-electron chi connectivity index (χ0n) is 10.9. The van der Waals surface area contributed by atoms with Gasteiger partial charge in [0.15, 0.2) is 0 Å². The van der Waals surface area contributed by atoms with Crippen LogP contribution in [0.3, 0.4) is 0 Å². The van der Waals surface area contributed by atoms with Crippen LogP contribution in [0.5, 0.6) is 0 Å². The van der Waals surface area contributed by atoms with Gasteiger partial charge in [0.1, 0.15) is 5.82 Å². The van der Waals surface area contributed by atoms with Gasteiger partial charge in [0.25, 0.3) is 0 Å². The average Bonchev–Trinajstić information content (AvgIpc) is 2.39. The maximum absolute atomic E-state index is 13.3.